The lowest BCUT2D eigenvalue weighted by Gasteiger charge is -2.05. The van der Waals surface area contributed by atoms with E-state index in [1.165, 1.54) is 24.0 Å². The molecule has 4 nitrogen and oxygen atoms in total. The van der Waals surface area contributed by atoms with Crippen LogP contribution < -0.4 is 0 Å². The van der Waals surface area contributed by atoms with Crippen molar-refractivity contribution in [2.45, 2.75) is 17.8 Å². The van der Waals surface area contributed by atoms with E-state index in [0.29, 0.717) is 32.3 Å². The van der Waals surface area contributed by atoms with Crippen LogP contribution in [0.5, 0.6) is 0 Å². The van der Waals surface area contributed by atoms with Crippen LogP contribution in [-0.4, -0.2) is 21.1 Å². The summed E-state index contributed by atoms with van der Waals surface area (Å²) in [5.41, 5.74) is 1.33. The summed E-state index contributed by atoms with van der Waals surface area (Å²) in [7, 11) is 0. The lowest BCUT2D eigenvalue weighted by molar-refractivity contribution is 0.625. The van der Waals surface area contributed by atoms with Crippen molar-refractivity contribution < 1.29 is 4.39 Å². The number of aromatic nitrogens is 3. The quantitative estimate of drug-likeness (QED) is 0.440. The molecule has 0 atom stereocenters. The molecule has 128 valence electrons. The summed E-state index contributed by atoms with van der Waals surface area (Å²) in [4.78, 5) is 0. The molecule has 0 unspecified atom stereocenters. The van der Waals surface area contributed by atoms with E-state index in [1.807, 2.05) is 6.07 Å². The molecular formula is C17H13Cl2FN4S. The van der Waals surface area contributed by atoms with Crippen LogP contribution in [-0.2, 0) is 5.75 Å². The Kier molecular flexibility index (Phi) is 5.73. The van der Waals surface area contributed by atoms with E-state index in [0.717, 1.165) is 5.56 Å². The van der Waals surface area contributed by atoms with Gasteiger partial charge in [0.2, 0.25) is 5.16 Å². The number of benzene rings is 2. The molecule has 0 fully saturated rings. The van der Waals surface area contributed by atoms with Gasteiger partial charge in [0, 0.05) is 21.4 Å². The van der Waals surface area contributed by atoms with Crippen LogP contribution in [0.1, 0.15) is 17.0 Å². The summed E-state index contributed by atoms with van der Waals surface area (Å²) in [6.07, 6.45) is 1.45. The van der Waals surface area contributed by atoms with Crippen molar-refractivity contribution >= 4 is 41.2 Å². The molecule has 0 aliphatic heterocycles. The van der Waals surface area contributed by atoms with E-state index in [9.17, 15) is 4.39 Å². The Morgan fingerprint density at radius 1 is 1.20 bits per heavy atom. The minimum absolute atomic E-state index is 0.334. The highest BCUT2D eigenvalue weighted by molar-refractivity contribution is 7.98. The number of halogens is 3. The van der Waals surface area contributed by atoms with Gasteiger partial charge in [-0.3, -0.25) is 0 Å². The zero-order valence-electron chi connectivity index (χ0n) is 13.2. The highest BCUT2D eigenvalue weighted by Gasteiger charge is 2.10. The van der Waals surface area contributed by atoms with Gasteiger partial charge >= 0.3 is 0 Å². The molecule has 3 aromatic rings. The molecule has 0 N–H and O–H groups in total. The number of aryl methyl sites for hydroxylation is 1. The van der Waals surface area contributed by atoms with Crippen LogP contribution in [0.2, 0.25) is 10.0 Å². The van der Waals surface area contributed by atoms with Crippen LogP contribution in [0.15, 0.2) is 52.7 Å². The molecular weight excluding hydrogens is 382 g/mol. The Morgan fingerprint density at radius 3 is 2.76 bits per heavy atom. The molecule has 0 saturated heterocycles. The number of thioether (sulfide) groups is 1. The Bertz CT molecular complexity index is 927. The van der Waals surface area contributed by atoms with E-state index in [2.05, 4.69) is 15.3 Å². The summed E-state index contributed by atoms with van der Waals surface area (Å²) < 4.78 is 15.3. The predicted molar refractivity (Wildman–Crippen MR) is 100 cm³/mol. The maximum absolute atomic E-state index is 13.7. The molecule has 1 heterocycles. The smallest absolute Gasteiger partial charge is 0.206 e. The topological polar surface area (TPSA) is 43.1 Å². The van der Waals surface area contributed by atoms with E-state index in [4.69, 9.17) is 23.2 Å². The van der Waals surface area contributed by atoms with Gasteiger partial charge < -0.3 is 0 Å². The van der Waals surface area contributed by atoms with Crippen LogP contribution in [0, 0.1) is 12.7 Å². The third-order valence-corrected chi connectivity index (χ3v) is 4.91. The average Bonchev–Trinajstić information content (AvgIpc) is 2.93. The zero-order valence-corrected chi connectivity index (χ0v) is 15.5. The van der Waals surface area contributed by atoms with E-state index < -0.39 is 0 Å². The average molecular weight is 395 g/mol. The maximum atomic E-state index is 13.7. The number of nitrogens with zero attached hydrogens (tertiary/aromatic N) is 4. The molecule has 25 heavy (non-hydrogen) atoms. The first-order chi connectivity index (χ1) is 12.0. The second-order valence-corrected chi connectivity index (χ2v) is 6.92. The van der Waals surface area contributed by atoms with Gasteiger partial charge in [-0.05, 0) is 30.7 Å². The summed E-state index contributed by atoms with van der Waals surface area (Å²) in [5, 5.41) is 14.2. The lowest BCUT2D eigenvalue weighted by atomic mass is 10.2. The molecule has 0 bridgehead atoms. The van der Waals surface area contributed by atoms with E-state index >= 15 is 0 Å². The first-order valence-corrected chi connectivity index (χ1v) is 9.06. The van der Waals surface area contributed by atoms with Gasteiger partial charge in [0.1, 0.15) is 5.82 Å². The van der Waals surface area contributed by atoms with E-state index in [-0.39, 0.29) is 5.82 Å². The second-order valence-electron chi connectivity index (χ2n) is 5.13. The monoisotopic (exact) mass is 394 g/mol. The van der Waals surface area contributed by atoms with Crippen molar-refractivity contribution in [3.05, 3.63) is 75.3 Å². The zero-order chi connectivity index (χ0) is 17.8. The van der Waals surface area contributed by atoms with Crippen LogP contribution in [0.4, 0.5) is 4.39 Å². The summed E-state index contributed by atoms with van der Waals surface area (Å²) >= 11 is 13.5. The van der Waals surface area contributed by atoms with Crippen LogP contribution in [0.25, 0.3) is 0 Å². The van der Waals surface area contributed by atoms with Crippen molar-refractivity contribution in [2.75, 3.05) is 0 Å². The minimum Gasteiger partial charge on any atom is -0.206 e. The molecule has 8 heteroatoms. The molecule has 0 aliphatic rings. The van der Waals surface area contributed by atoms with E-state index in [1.54, 1.807) is 41.9 Å². The lowest BCUT2D eigenvalue weighted by Crippen LogP contribution is -1.97. The molecule has 0 amide bonds. The fraction of sp³-hybridized carbons (Fsp3) is 0.118. The Morgan fingerprint density at radius 2 is 2.00 bits per heavy atom. The Hall–Kier alpha value is -1.89. The summed E-state index contributed by atoms with van der Waals surface area (Å²) in [5.74, 6) is 0.861. The normalized spacial score (nSPS) is 11.4. The highest BCUT2D eigenvalue weighted by Crippen LogP contribution is 2.28. The van der Waals surface area contributed by atoms with Gasteiger partial charge in [-0.2, -0.15) is 9.78 Å². The number of hydrogen-bond donors (Lipinski definition) is 0. The maximum Gasteiger partial charge on any atom is 0.212 e. The Labute approximate surface area is 158 Å². The van der Waals surface area contributed by atoms with Gasteiger partial charge in [0.05, 0.1) is 6.21 Å². The predicted octanol–water partition coefficient (Wildman–Crippen LogP) is 5.21. The first kappa shape index (κ1) is 17.9. The van der Waals surface area contributed by atoms with Crippen molar-refractivity contribution in [1.29, 1.82) is 0 Å². The van der Waals surface area contributed by atoms with Crippen molar-refractivity contribution in [3.8, 4) is 0 Å². The summed E-state index contributed by atoms with van der Waals surface area (Å²) in [6, 6.07) is 11.8. The SMILES string of the molecule is Cc1nnc(SCc2ccc(Cl)cc2Cl)n1/N=C/c1ccccc1F. The Balaban J connectivity index is 1.79. The van der Waals surface area contributed by atoms with Crippen LogP contribution in [0.3, 0.4) is 0 Å². The standard InChI is InChI=1S/C17H13Cl2FN4S/c1-11-22-23-17(25-10-13-6-7-14(18)8-15(13)19)24(11)21-9-12-4-2-3-5-16(12)20/h2-9H,10H2,1H3/b21-9+. The van der Waals surface area contributed by atoms with Gasteiger partial charge in [-0.15, -0.1) is 10.2 Å². The number of rotatable bonds is 5. The third kappa shape index (κ3) is 4.39. The van der Waals surface area contributed by atoms with Crippen molar-refractivity contribution in [1.82, 2.24) is 14.9 Å². The molecule has 0 spiro atoms. The van der Waals surface area contributed by atoms with Crippen LogP contribution >= 0.6 is 35.0 Å². The molecule has 0 radical (unpaired) electrons. The largest absolute Gasteiger partial charge is 0.212 e. The molecule has 0 saturated carbocycles. The second kappa shape index (κ2) is 7.99. The molecule has 0 aliphatic carbocycles. The van der Waals surface area contributed by atoms with Gasteiger partial charge in [0.25, 0.3) is 0 Å². The summed E-state index contributed by atoms with van der Waals surface area (Å²) in [6.45, 7) is 1.78. The van der Waals surface area contributed by atoms with Crippen molar-refractivity contribution in [3.63, 3.8) is 0 Å². The fourth-order valence-electron chi connectivity index (χ4n) is 2.04. The van der Waals surface area contributed by atoms with Gasteiger partial charge in [-0.1, -0.05) is 59.2 Å². The number of hydrogen-bond acceptors (Lipinski definition) is 4. The first-order valence-electron chi connectivity index (χ1n) is 7.32. The third-order valence-electron chi connectivity index (χ3n) is 3.36. The highest BCUT2D eigenvalue weighted by atomic mass is 35.5. The molecule has 2 aromatic carbocycles. The molecule has 3 rings (SSSR count). The van der Waals surface area contributed by atoms with Gasteiger partial charge in [0.15, 0.2) is 5.82 Å². The fourth-order valence-corrected chi connectivity index (χ4v) is 3.53. The van der Waals surface area contributed by atoms with Gasteiger partial charge in [-0.25, -0.2) is 4.39 Å². The molecule has 1 aromatic heterocycles. The van der Waals surface area contributed by atoms with Crippen molar-refractivity contribution in [2.24, 2.45) is 5.10 Å². The minimum atomic E-state index is -0.334.